The highest BCUT2D eigenvalue weighted by Crippen LogP contribution is 2.25. The number of hydrogen-bond acceptors (Lipinski definition) is 3. The number of ether oxygens (including phenoxy) is 1. The lowest BCUT2D eigenvalue weighted by Crippen LogP contribution is -1.87. The number of aromatic nitrogens is 1. The summed E-state index contributed by atoms with van der Waals surface area (Å²) in [7, 11) is 1.49. The van der Waals surface area contributed by atoms with Crippen molar-refractivity contribution in [2.45, 2.75) is 6.92 Å². The molecule has 0 aliphatic rings. The van der Waals surface area contributed by atoms with Crippen molar-refractivity contribution in [1.29, 1.82) is 0 Å². The maximum absolute atomic E-state index is 13.6. The molecule has 2 aromatic rings. The van der Waals surface area contributed by atoms with Crippen LogP contribution >= 0.6 is 0 Å². The summed E-state index contributed by atoms with van der Waals surface area (Å²) in [5, 5.41) is 0. The van der Waals surface area contributed by atoms with E-state index in [0.717, 1.165) is 0 Å². The van der Waals surface area contributed by atoms with E-state index in [0.29, 0.717) is 17.1 Å². The van der Waals surface area contributed by atoms with Crippen LogP contribution in [0, 0.1) is 12.7 Å². The number of benzene rings is 1. The topological polar surface area (TPSA) is 35.3 Å². The van der Waals surface area contributed by atoms with Crippen molar-refractivity contribution in [3.05, 3.63) is 36.0 Å². The minimum atomic E-state index is -0.406. The molecule has 0 amide bonds. The van der Waals surface area contributed by atoms with Crippen molar-refractivity contribution >= 4 is 0 Å². The minimum Gasteiger partial charge on any atom is -0.497 e. The molecule has 0 atom stereocenters. The molecule has 15 heavy (non-hydrogen) atoms. The minimum absolute atomic E-state index is 0.285. The van der Waals surface area contributed by atoms with Crippen molar-refractivity contribution in [3.8, 4) is 17.2 Å². The zero-order chi connectivity index (χ0) is 10.8. The van der Waals surface area contributed by atoms with E-state index in [-0.39, 0.29) is 5.89 Å². The third-order valence-electron chi connectivity index (χ3n) is 2.03. The third kappa shape index (κ3) is 1.83. The summed E-state index contributed by atoms with van der Waals surface area (Å²) in [5.41, 5.74) is 0.337. The van der Waals surface area contributed by atoms with Crippen LogP contribution in [0.15, 0.2) is 28.8 Å². The lowest BCUT2D eigenvalue weighted by Gasteiger charge is -2.01. The van der Waals surface area contributed by atoms with Crippen LogP contribution in [-0.2, 0) is 0 Å². The van der Waals surface area contributed by atoms with Crippen LogP contribution < -0.4 is 4.74 Å². The molecule has 0 N–H and O–H groups in total. The predicted octanol–water partition coefficient (Wildman–Crippen LogP) is 2.80. The summed E-state index contributed by atoms with van der Waals surface area (Å²) in [6, 6.07) is 4.55. The fraction of sp³-hybridized carbons (Fsp3) is 0.182. The first-order chi connectivity index (χ1) is 7.20. The molecule has 1 aromatic heterocycles. The van der Waals surface area contributed by atoms with E-state index in [2.05, 4.69) is 4.98 Å². The number of halogens is 1. The van der Waals surface area contributed by atoms with Crippen LogP contribution in [0.4, 0.5) is 4.39 Å². The van der Waals surface area contributed by atoms with Gasteiger partial charge in [0.25, 0.3) is 0 Å². The fourth-order valence-corrected chi connectivity index (χ4v) is 1.28. The Bertz CT molecular complexity index is 479. The Morgan fingerprint density at radius 3 is 2.73 bits per heavy atom. The van der Waals surface area contributed by atoms with Crippen molar-refractivity contribution in [2.75, 3.05) is 7.11 Å². The molecule has 0 saturated heterocycles. The van der Waals surface area contributed by atoms with Crippen molar-refractivity contribution < 1.29 is 13.5 Å². The number of methoxy groups -OCH3 is 1. The molecule has 0 aliphatic heterocycles. The first-order valence-electron chi connectivity index (χ1n) is 4.47. The van der Waals surface area contributed by atoms with E-state index >= 15 is 0 Å². The zero-order valence-corrected chi connectivity index (χ0v) is 8.45. The van der Waals surface area contributed by atoms with Crippen LogP contribution in [0.2, 0.25) is 0 Å². The first-order valence-corrected chi connectivity index (χ1v) is 4.47. The van der Waals surface area contributed by atoms with Gasteiger partial charge < -0.3 is 9.15 Å². The van der Waals surface area contributed by atoms with Crippen LogP contribution in [0.1, 0.15) is 5.76 Å². The monoisotopic (exact) mass is 207 g/mol. The standard InChI is InChI=1S/C11H10FNO2/c1-7-6-13-11(15-7)9-4-3-8(14-2)5-10(9)12/h3-6H,1-2H3. The summed E-state index contributed by atoms with van der Waals surface area (Å²) in [5.74, 6) is 1.00. The normalized spacial score (nSPS) is 10.3. The van der Waals surface area contributed by atoms with Gasteiger partial charge >= 0.3 is 0 Å². The van der Waals surface area contributed by atoms with Gasteiger partial charge in [0.1, 0.15) is 17.3 Å². The molecule has 2 rings (SSSR count). The highest BCUT2D eigenvalue weighted by molar-refractivity contribution is 5.55. The average Bonchev–Trinajstić information content (AvgIpc) is 2.64. The first kappa shape index (κ1) is 9.71. The quantitative estimate of drug-likeness (QED) is 0.759. The van der Waals surface area contributed by atoms with E-state index in [1.807, 2.05) is 0 Å². The van der Waals surface area contributed by atoms with Gasteiger partial charge in [-0.3, -0.25) is 0 Å². The van der Waals surface area contributed by atoms with Crippen LogP contribution in [0.3, 0.4) is 0 Å². The average molecular weight is 207 g/mol. The molecule has 0 unspecified atom stereocenters. The Labute approximate surface area is 86.5 Å². The summed E-state index contributed by atoms with van der Waals surface area (Å²) in [6.45, 7) is 1.76. The summed E-state index contributed by atoms with van der Waals surface area (Å²) in [6.07, 6.45) is 1.55. The van der Waals surface area contributed by atoms with Crippen molar-refractivity contribution in [2.24, 2.45) is 0 Å². The number of aryl methyl sites for hydroxylation is 1. The van der Waals surface area contributed by atoms with Gasteiger partial charge in [0, 0.05) is 6.07 Å². The van der Waals surface area contributed by atoms with Crippen LogP contribution in [0.25, 0.3) is 11.5 Å². The number of hydrogen-bond donors (Lipinski definition) is 0. The predicted molar refractivity (Wildman–Crippen MR) is 53.2 cm³/mol. The van der Waals surface area contributed by atoms with Gasteiger partial charge in [0.05, 0.1) is 18.9 Å². The van der Waals surface area contributed by atoms with Gasteiger partial charge in [-0.05, 0) is 19.1 Å². The molecule has 4 heteroatoms. The Kier molecular flexibility index (Phi) is 2.41. The second-order valence-corrected chi connectivity index (χ2v) is 3.12. The van der Waals surface area contributed by atoms with Gasteiger partial charge in [-0.1, -0.05) is 0 Å². The molecular weight excluding hydrogens is 197 g/mol. The van der Waals surface area contributed by atoms with E-state index in [1.54, 1.807) is 25.3 Å². The van der Waals surface area contributed by atoms with Gasteiger partial charge in [0.15, 0.2) is 0 Å². The lowest BCUT2D eigenvalue weighted by atomic mass is 10.2. The van der Waals surface area contributed by atoms with Crippen molar-refractivity contribution in [1.82, 2.24) is 4.98 Å². The molecule has 1 aromatic carbocycles. The highest BCUT2D eigenvalue weighted by atomic mass is 19.1. The summed E-state index contributed by atoms with van der Waals surface area (Å²) in [4.78, 5) is 3.95. The zero-order valence-electron chi connectivity index (χ0n) is 8.45. The molecule has 0 aliphatic carbocycles. The van der Waals surface area contributed by atoms with E-state index in [9.17, 15) is 4.39 Å². The molecule has 1 heterocycles. The second kappa shape index (κ2) is 3.73. The third-order valence-corrected chi connectivity index (χ3v) is 2.03. The summed E-state index contributed by atoms with van der Waals surface area (Å²) >= 11 is 0. The van der Waals surface area contributed by atoms with Crippen LogP contribution in [0.5, 0.6) is 5.75 Å². The van der Waals surface area contributed by atoms with Gasteiger partial charge in [-0.15, -0.1) is 0 Å². The Morgan fingerprint density at radius 1 is 1.40 bits per heavy atom. The number of nitrogens with zero attached hydrogens (tertiary/aromatic N) is 1. The van der Waals surface area contributed by atoms with E-state index in [4.69, 9.17) is 9.15 Å². The van der Waals surface area contributed by atoms with Gasteiger partial charge in [-0.2, -0.15) is 0 Å². The van der Waals surface area contributed by atoms with Crippen molar-refractivity contribution in [3.63, 3.8) is 0 Å². The van der Waals surface area contributed by atoms with Gasteiger partial charge in [0.2, 0.25) is 5.89 Å². The fourth-order valence-electron chi connectivity index (χ4n) is 1.28. The van der Waals surface area contributed by atoms with E-state index in [1.165, 1.54) is 13.2 Å². The Hall–Kier alpha value is -1.84. The largest absolute Gasteiger partial charge is 0.497 e. The Morgan fingerprint density at radius 2 is 2.20 bits per heavy atom. The maximum atomic E-state index is 13.6. The molecule has 0 saturated carbocycles. The Balaban J connectivity index is 2.45. The molecule has 3 nitrogen and oxygen atoms in total. The van der Waals surface area contributed by atoms with E-state index < -0.39 is 5.82 Å². The molecule has 0 spiro atoms. The molecule has 0 radical (unpaired) electrons. The number of rotatable bonds is 2. The van der Waals surface area contributed by atoms with Gasteiger partial charge in [-0.25, -0.2) is 9.37 Å². The molecule has 78 valence electrons. The highest BCUT2D eigenvalue weighted by Gasteiger charge is 2.10. The molecular formula is C11H10FNO2. The second-order valence-electron chi connectivity index (χ2n) is 3.12. The smallest absolute Gasteiger partial charge is 0.229 e. The SMILES string of the molecule is COc1ccc(-c2ncc(C)o2)c(F)c1. The lowest BCUT2D eigenvalue weighted by molar-refractivity contribution is 0.411. The maximum Gasteiger partial charge on any atom is 0.229 e. The molecule has 0 fully saturated rings. The number of oxazole rings is 1. The van der Waals surface area contributed by atoms with Crippen LogP contribution in [-0.4, -0.2) is 12.1 Å². The summed E-state index contributed by atoms with van der Waals surface area (Å²) < 4.78 is 23.7. The molecule has 0 bridgehead atoms.